The minimum absolute atomic E-state index is 0.0249. The van der Waals surface area contributed by atoms with Gasteiger partial charge in [0.05, 0.1) is 12.2 Å². The summed E-state index contributed by atoms with van der Waals surface area (Å²) in [5.74, 6) is 0.785. The fourth-order valence-electron chi connectivity index (χ4n) is 2.70. The van der Waals surface area contributed by atoms with Gasteiger partial charge in [0, 0.05) is 16.2 Å². The number of carbonyl (C=O) groups excluding carboxylic acids is 1. The zero-order valence-corrected chi connectivity index (χ0v) is 13.6. The number of hydrogen-bond acceptors (Lipinski definition) is 3. The molecule has 2 rings (SSSR count). The number of nitrogens with zero attached hydrogens (tertiary/aromatic N) is 1. The van der Waals surface area contributed by atoms with Gasteiger partial charge in [0.1, 0.15) is 0 Å². The zero-order chi connectivity index (χ0) is 14.7. The molecule has 5 heteroatoms. The number of benzene rings is 1. The van der Waals surface area contributed by atoms with Gasteiger partial charge in [-0.2, -0.15) is 0 Å². The number of amides is 1. The number of halogens is 1. The van der Waals surface area contributed by atoms with Crippen LogP contribution < -0.4 is 11.1 Å². The highest BCUT2D eigenvalue weighted by atomic mass is 79.9. The van der Waals surface area contributed by atoms with Gasteiger partial charge in [-0.1, -0.05) is 6.92 Å². The fourth-order valence-corrected chi connectivity index (χ4v) is 3.19. The Labute approximate surface area is 128 Å². The summed E-state index contributed by atoms with van der Waals surface area (Å²) in [6.07, 6.45) is 2.34. The molecule has 1 heterocycles. The Bertz CT molecular complexity index is 492. The Kier molecular flexibility index (Phi) is 5.05. The molecule has 0 saturated carbocycles. The predicted octanol–water partition coefficient (Wildman–Crippen LogP) is 3.09. The molecular weight excluding hydrogens is 318 g/mol. The zero-order valence-electron chi connectivity index (χ0n) is 12.0. The van der Waals surface area contributed by atoms with Crippen LogP contribution in [0.15, 0.2) is 22.7 Å². The van der Waals surface area contributed by atoms with Crippen LogP contribution in [0.3, 0.4) is 0 Å². The van der Waals surface area contributed by atoms with E-state index in [2.05, 4.69) is 40.0 Å². The topological polar surface area (TPSA) is 58.4 Å². The molecule has 1 aliphatic heterocycles. The van der Waals surface area contributed by atoms with E-state index < -0.39 is 0 Å². The van der Waals surface area contributed by atoms with Crippen LogP contribution in [0, 0.1) is 5.92 Å². The molecule has 0 bridgehead atoms. The lowest BCUT2D eigenvalue weighted by Gasteiger charge is -2.35. The lowest BCUT2D eigenvalue weighted by atomic mass is 9.93. The largest absolute Gasteiger partial charge is 0.399 e. The number of rotatable bonds is 3. The fraction of sp³-hybridized carbons (Fsp3) is 0.533. The van der Waals surface area contributed by atoms with Crippen molar-refractivity contribution >= 4 is 33.2 Å². The summed E-state index contributed by atoms with van der Waals surface area (Å²) in [5.41, 5.74) is 7.13. The first kappa shape index (κ1) is 15.3. The van der Waals surface area contributed by atoms with E-state index in [1.807, 2.05) is 6.07 Å². The van der Waals surface area contributed by atoms with Crippen LogP contribution in [0.4, 0.5) is 11.4 Å². The summed E-state index contributed by atoms with van der Waals surface area (Å²) in [6, 6.07) is 5.87. The van der Waals surface area contributed by atoms with Gasteiger partial charge in [-0.05, 0) is 66.4 Å². The predicted molar refractivity (Wildman–Crippen MR) is 86.6 cm³/mol. The average molecular weight is 340 g/mol. The third kappa shape index (κ3) is 3.96. The van der Waals surface area contributed by atoms with Crippen LogP contribution in [0.1, 0.15) is 26.7 Å². The van der Waals surface area contributed by atoms with Crippen LogP contribution in [0.25, 0.3) is 0 Å². The molecule has 1 aliphatic rings. The number of nitrogen functional groups attached to an aromatic ring is 1. The third-order valence-corrected chi connectivity index (χ3v) is 4.55. The summed E-state index contributed by atoms with van der Waals surface area (Å²) in [7, 11) is 0. The SMILES string of the molecule is CC1CCN(CC(=O)Nc2ccc(N)cc2Br)C(C)C1. The summed E-state index contributed by atoms with van der Waals surface area (Å²) < 4.78 is 0.811. The monoisotopic (exact) mass is 339 g/mol. The lowest BCUT2D eigenvalue weighted by molar-refractivity contribution is -0.118. The standard InChI is InChI=1S/C15H22BrN3O/c1-10-5-6-19(11(2)7-10)9-15(20)18-14-4-3-12(17)8-13(14)16/h3-4,8,10-11H,5-7,9,17H2,1-2H3,(H,18,20). The van der Waals surface area contributed by atoms with E-state index in [1.165, 1.54) is 12.8 Å². The van der Waals surface area contributed by atoms with Crippen LogP contribution in [0.5, 0.6) is 0 Å². The molecule has 2 unspecified atom stereocenters. The van der Waals surface area contributed by atoms with Crippen molar-refractivity contribution in [2.75, 3.05) is 24.1 Å². The van der Waals surface area contributed by atoms with E-state index >= 15 is 0 Å². The first-order valence-corrected chi connectivity index (χ1v) is 7.84. The average Bonchev–Trinajstić information content (AvgIpc) is 2.36. The highest BCUT2D eigenvalue weighted by Crippen LogP contribution is 2.25. The molecule has 110 valence electrons. The number of anilines is 2. The van der Waals surface area contributed by atoms with Crippen molar-refractivity contribution in [1.29, 1.82) is 0 Å². The van der Waals surface area contributed by atoms with E-state index in [0.717, 1.165) is 22.6 Å². The second-order valence-electron chi connectivity index (χ2n) is 5.74. The second kappa shape index (κ2) is 6.59. The molecule has 1 saturated heterocycles. The van der Waals surface area contributed by atoms with Crippen molar-refractivity contribution in [2.24, 2.45) is 5.92 Å². The van der Waals surface area contributed by atoms with E-state index in [0.29, 0.717) is 18.3 Å². The Morgan fingerprint density at radius 3 is 2.90 bits per heavy atom. The maximum atomic E-state index is 12.1. The molecule has 0 aliphatic carbocycles. The van der Waals surface area contributed by atoms with E-state index in [1.54, 1.807) is 12.1 Å². The quantitative estimate of drug-likeness (QED) is 0.832. The van der Waals surface area contributed by atoms with Gasteiger partial charge in [-0.15, -0.1) is 0 Å². The Morgan fingerprint density at radius 2 is 2.25 bits per heavy atom. The molecule has 3 N–H and O–H groups in total. The van der Waals surface area contributed by atoms with Crippen molar-refractivity contribution in [1.82, 2.24) is 4.90 Å². The Balaban J connectivity index is 1.92. The number of nitrogens with two attached hydrogens (primary N) is 1. The van der Waals surface area contributed by atoms with Gasteiger partial charge in [0.15, 0.2) is 0 Å². The molecule has 1 amide bonds. The van der Waals surface area contributed by atoms with Crippen molar-refractivity contribution in [2.45, 2.75) is 32.7 Å². The summed E-state index contributed by atoms with van der Waals surface area (Å²) in [5, 5.41) is 2.93. The number of carbonyl (C=O) groups is 1. The molecule has 0 radical (unpaired) electrons. The Morgan fingerprint density at radius 1 is 1.50 bits per heavy atom. The number of nitrogens with one attached hydrogen (secondary N) is 1. The van der Waals surface area contributed by atoms with Crippen molar-refractivity contribution < 1.29 is 4.79 Å². The molecule has 0 aromatic heterocycles. The van der Waals surface area contributed by atoms with Gasteiger partial charge in [0.25, 0.3) is 0 Å². The summed E-state index contributed by atoms with van der Waals surface area (Å²) >= 11 is 3.41. The van der Waals surface area contributed by atoms with Crippen molar-refractivity contribution in [3.8, 4) is 0 Å². The summed E-state index contributed by atoms with van der Waals surface area (Å²) in [4.78, 5) is 14.4. The maximum Gasteiger partial charge on any atom is 0.238 e. The highest BCUT2D eigenvalue weighted by molar-refractivity contribution is 9.10. The maximum absolute atomic E-state index is 12.1. The van der Waals surface area contributed by atoms with Crippen LogP contribution in [-0.4, -0.2) is 29.9 Å². The summed E-state index contributed by atoms with van der Waals surface area (Å²) in [6.45, 7) is 5.92. The highest BCUT2D eigenvalue weighted by Gasteiger charge is 2.24. The van der Waals surface area contributed by atoms with E-state index in [4.69, 9.17) is 5.73 Å². The van der Waals surface area contributed by atoms with Gasteiger partial charge >= 0.3 is 0 Å². The first-order valence-electron chi connectivity index (χ1n) is 7.04. The second-order valence-corrected chi connectivity index (χ2v) is 6.59. The molecule has 0 spiro atoms. The molecule has 1 aromatic rings. The first-order chi connectivity index (χ1) is 9.45. The minimum Gasteiger partial charge on any atom is -0.399 e. The van der Waals surface area contributed by atoms with Crippen molar-refractivity contribution in [3.63, 3.8) is 0 Å². The molecule has 1 fully saturated rings. The lowest BCUT2D eigenvalue weighted by Crippen LogP contribution is -2.44. The molecule has 2 atom stereocenters. The molecular formula is C15H22BrN3O. The number of piperidine rings is 1. The van der Waals surface area contributed by atoms with Gasteiger partial charge in [-0.25, -0.2) is 0 Å². The van der Waals surface area contributed by atoms with Crippen molar-refractivity contribution in [3.05, 3.63) is 22.7 Å². The van der Waals surface area contributed by atoms with Crippen LogP contribution in [-0.2, 0) is 4.79 Å². The van der Waals surface area contributed by atoms with E-state index in [-0.39, 0.29) is 5.91 Å². The number of hydrogen-bond donors (Lipinski definition) is 2. The van der Waals surface area contributed by atoms with Crippen LogP contribution in [0.2, 0.25) is 0 Å². The van der Waals surface area contributed by atoms with Crippen LogP contribution >= 0.6 is 15.9 Å². The Hall–Kier alpha value is -1.07. The minimum atomic E-state index is 0.0249. The number of likely N-dealkylation sites (tertiary alicyclic amines) is 1. The third-order valence-electron chi connectivity index (χ3n) is 3.89. The molecule has 1 aromatic carbocycles. The van der Waals surface area contributed by atoms with E-state index in [9.17, 15) is 4.79 Å². The smallest absolute Gasteiger partial charge is 0.238 e. The molecule has 4 nitrogen and oxygen atoms in total. The van der Waals surface area contributed by atoms with Gasteiger partial charge < -0.3 is 11.1 Å². The van der Waals surface area contributed by atoms with Gasteiger partial charge in [-0.3, -0.25) is 9.69 Å². The normalized spacial score (nSPS) is 23.6. The molecule has 20 heavy (non-hydrogen) atoms. The van der Waals surface area contributed by atoms with Gasteiger partial charge in [0.2, 0.25) is 5.91 Å².